The maximum atomic E-state index is 12.6. The first-order valence-electron chi connectivity index (χ1n) is 8.91. The number of piperidine rings is 1. The van der Waals surface area contributed by atoms with E-state index >= 15 is 0 Å². The summed E-state index contributed by atoms with van der Waals surface area (Å²) in [5, 5.41) is 12.8. The zero-order valence-corrected chi connectivity index (χ0v) is 15.0. The Labute approximate surface area is 149 Å². The molecule has 5 heteroatoms. The highest BCUT2D eigenvalue weighted by Crippen LogP contribution is 2.20. The third-order valence-corrected chi connectivity index (χ3v) is 5.02. The van der Waals surface area contributed by atoms with Gasteiger partial charge in [0.1, 0.15) is 5.69 Å². The van der Waals surface area contributed by atoms with Gasteiger partial charge in [-0.1, -0.05) is 30.3 Å². The van der Waals surface area contributed by atoms with E-state index in [9.17, 15) is 9.90 Å². The van der Waals surface area contributed by atoms with E-state index in [1.54, 1.807) is 0 Å². The number of likely N-dealkylation sites (tertiary alicyclic amines) is 1. The number of benzene rings is 1. The number of H-pyrrole nitrogens is 1. The van der Waals surface area contributed by atoms with Gasteiger partial charge < -0.3 is 15.4 Å². The van der Waals surface area contributed by atoms with Gasteiger partial charge in [0.05, 0.1) is 0 Å². The first kappa shape index (κ1) is 17.7. The Kier molecular flexibility index (Phi) is 5.56. The molecular weight excluding hydrogens is 314 g/mol. The van der Waals surface area contributed by atoms with Gasteiger partial charge in [0, 0.05) is 37.4 Å². The Hall–Kier alpha value is -2.11. The summed E-state index contributed by atoms with van der Waals surface area (Å²) < 4.78 is 0. The molecule has 2 aromatic rings. The van der Waals surface area contributed by atoms with Crippen LogP contribution in [0.15, 0.2) is 36.4 Å². The van der Waals surface area contributed by atoms with Crippen molar-refractivity contribution < 1.29 is 9.90 Å². The number of carbonyl (C=O) groups is 1. The van der Waals surface area contributed by atoms with Crippen molar-refractivity contribution in [3.05, 3.63) is 58.9 Å². The van der Waals surface area contributed by atoms with Crippen molar-refractivity contribution in [1.29, 1.82) is 0 Å². The van der Waals surface area contributed by atoms with Crippen LogP contribution in [0.5, 0.6) is 0 Å². The molecule has 1 amide bonds. The second kappa shape index (κ2) is 7.85. The molecule has 2 atom stereocenters. The minimum atomic E-state index is -0.0874. The number of rotatable bonds is 5. The van der Waals surface area contributed by atoms with E-state index in [-0.39, 0.29) is 24.5 Å². The Morgan fingerprint density at radius 2 is 2.08 bits per heavy atom. The van der Waals surface area contributed by atoms with Crippen molar-refractivity contribution in [2.24, 2.45) is 5.92 Å². The van der Waals surface area contributed by atoms with Gasteiger partial charge in [-0.25, -0.2) is 0 Å². The Balaban J connectivity index is 1.66. The predicted octanol–water partition coefficient (Wildman–Crippen LogP) is 2.24. The highest BCUT2D eigenvalue weighted by atomic mass is 16.3. The minimum Gasteiger partial charge on any atom is -0.396 e. The second-order valence-corrected chi connectivity index (χ2v) is 7.04. The largest absolute Gasteiger partial charge is 0.396 e. The SMILES string of the molecule is Cc1cc(C)c(C(=O)N[C@@H]2CN(Cc3ccccc3)CC[C@H]2CO)[nH]1. The van der Waals surface area contributed by atoms with E-state index in [1.165, 1.54) is 5.56 Å². The molecule has 3 N–H and O–H groups in total. The van der Waals surface area contributed by atoms with Gasteiger partial charge in [0.15, 0.2) is 0 Å². The van der Waals surface area contributed by atoms with Crippen LogP contribution in [0, 0.1) is 19.8 Å². The fourth-order valence-electron chi connectivity index (χ4n) is 3.64. The van der Waals surface area contributed by atoms with Gasteiger partial charge in [-0.3, -0.25) is 9.69 Å². The predicted molar refractivity (Wildman–Crippen MR) is 98.4 cm³/mol. The lowest BCUT2D eigenvalue weighted by atomic mass is 9.91. The van der Waals surface area contributed by atoms with Crippen LogP contribution >= 0.6 is 0 Å². The van der Waals surface area contributed by atoms with E-state index < -0.39 is 0 Å². The van der Waals surface area contributed by atoms with Crippen LogP contribution in [0.25, 0.3) is 0 Å². The maximum Gasteiger partial charge on any atom is 0.268 e. The van der Waals surface area contributed by atoms with Gasteiger partial charge in [-0.2, -0.15) is 0 Å². The van der Waals surface area contributed by atoms with Gasteiger partial charge in [-0.05, 0) is 44.0 Å². The van der Waals surface area contributed by atoms with Gasteiger partial charge >= 0.3 is 0 Å². The summed E-state index contributed by atoms with van der Waals surface area (Å²) in [5.41, 5.74) is 3.82. The molecule has 3 rings (SSSR count). The number of aliphatic hydroxyl groups excluding tert-OH is 1. The molecular formula is C20H27N3O2. The summed E-state index contributed by atoms with van der Waals surface area (Å²) in [7, 11) is 0. The highest BCUT2D eigenvalue weighted by molar-refractivity contribution is 5.94. The minimum absolute atomic E-state index is 0.0435. The van der Waals surface area contributed by atoms with Gasteiger partial charge in [-0.15, -0.1) is 0 Å². The fraction of sp³-hybridized carbons (Fsp3) is 0.450. The van der Waals surface area contributed by atoms with Gasteiger partial charge in [0.2, 0.25) is 0 Å². The first-order chi connectivity index (χ1) is 12.1. The smallest absolute Gasteiger partial charge is 0.268 e. The number of aromatic nitrogens is 1. The van der Waals surface area contributed by atoms with E-state index in [1.807, 2.05) is 38.1 Å². The van der Waals surface area contributed by atoms with Crippen molar-refractivity contribution in [2.75, 3.05) is 19.7 Å². The Bertz CT molecular complexity index is 711. The van der Waals surface area contributed by atoms with Crippen LogP contribution in [0.3, 0.4) is 0 Å². The molecule has 1 aliphatic rings. The molecule has 0 aliphatic carbocycles. The van der Waals surface area contributed by atoms with E-state index in [0.717, 1.165) is 37.3 Å². The van der Waals surface area contributed by atoms with Crippen LogP contribution in [0.2, 0.25) is 0 Å². The quantitative estimate of drug-likeness (QED) is 0.781. The van der Waals surface area contributed by atoms with E-state index in [0.29, 0.717) is 5.69 Å². The van der Waals surface area contributed by atoms with Crippen molar-refractivity contribution in [1.82, 2.24) is 15.2 Å². The van der Waals surface area contributed by atoms with Crippen molar-refractivity contribution in [3.8, 4) is 0 Å². The topological polar surface area (TPSA) is 68.4 Å². The number of nitrogens with zero attached hydrogens (tertiary/aromatic N) is 1. The standard InChI is InChI=1S/C20H27N3O2/c1-14-10-15(2)21-19(14)20(25)22-18-12-23(9-8-17(18)13-24)11-16-6-4-3-5-7-16/h3-7,10,17-18,21,24H,8-9,11-13H2,1-2H3,(H,22,25)/t17-,18+/m0/s1. The normalized spacial score (nSPS) is 21.2. The van der Waals surface area contributed by atoms with Crippen molar-refractivity contribution >= 4 is 5.91 Å². The average molecular weight is 341 g/mol. The van der Waals surface area contributed by atoms with E-state index in [2.05, 4.69) is 27.3 Å². The molecule has 1 aromatic carbocycles. The molecule has 0 radical (unpaired) electrons. The molecule has 0 bridgehead atoms. The zero-order valence-electron chi connectivity index (χ0n) is 15.0. The number of amides is 1. The molecule has 1 aliphatic heterocycles. The molecule has 134 valence electrons. The highest BCUT2D eigenvalue weighted by Gasteiger charge is 2.30. The Morgan fingerprint density at radius 1 is 1.32 bits per heavy atom. The molecule has 1 saturated heterocycles. The maximum absolute atomic E-state index is 12.6. The lowest BCUT2D eigenvalue weighted by molar-refractivity contribution is 0.0727. The molecule has 0 spiro atoms. The lowest BCUT2D eigenvalue weighted by Crippen LogP contribution is -2.53. The van der Waals surface area contributed by atoms with Crippen molar-refractivity contribution in [2.45, 2.75) is 32.9 Å². The number of aromatic amines is 1. The summed E-state index contributed by atoms with van der Waals surface area (Å²) in [5.74, 6) is 0.0166. The molecule has 0 saturated carbocycles. The lowest BCUT2D eigenvalue weighted by Gasteiger charge is -2.38. The van der Waals surface area contributed by atoms with Gasteiger partial charge in [0.25, 0.3) is 5.91 Å². The summed E-state index contributed by atoms with van der Waals surface area (Å²) >= 11 is 0. The summed E-state index contributed by atoms with van der Waals surface area (Å²) in [4.78, 5) is 18.1. The van der Waals surface area contributed by atoms with Crippen LogP contribution < -0.4 is 5.32 Å². The van der Waals surface area contributed by atoms with Crippen molar-refractivity contribution in [3.63, 3.8) is 0 Å². The summed E-state index contributed by atoms with van der Waals surface area (Å²) in [6, 6.07) is 12.3. The molecule has 1 aromatic heterocycles. The molecule has 5 nitrogen and oxygen atoms in total. The number of hydrogen-bond acceptors (Lipinski definition) is 3. The molecule has 2 heterocycles. The van der Waals surface area contributed by atoms with Crippen LogP contribution in [0.4, 0.5) is 0 Å². The average Bonchev–Trinajstić information content (AvgIpc) is 2.94. The second-order valence-electron chi connectivity index (χ2n) is 7.04. The number of hydrogen-bond donors (Lipinski definition) is 3. The third kappa shape index (κ3) is 4.30. The molecule has 25 heavy (non-hydrogen) atoms. The first-order valence-corrected chi connectivity index (χ1v) is 8.91. The zero-order chi connectivity index (χ0) is 17.8. The Morgan fingerprint density at radius 3 is 2.72 bits per heavy atom. The van der Waals surface area contributed by atoms with Crippen LogP contribution in [-0.4, -0.2) is 46.6 Å². The van der Waals surface area contributed by atoms with Crippen LogP contribution in [0.1, 0.15) is 33.7 Å². The number of carbonyl (C=O) groups excluding carboxylic acids is 1. The van der Waals surface area contributed by atoms with E-state index in [4.69, 9.17) is 0 Å². The fourth-order valence-corrected chi connectivity index (χ4v) is 3.64. The number of nitrogens with one attached hydrogen (secondary N) is 2. The summed E-state index contributed by atoms with van der Waals surface area (Å²) in [6.07, 6.45) is 0.886. The number of aryl methyl sites for hydroxylation is 2. The monoisotopic (exact) mass is 341 g/mol. The third-order valence-electron chi connectivity index (χ3n) is 5.02. The number of aliphatic hydroxyl groups is 1. The van der Waals surface area contributed by atoms with Crippen LogP contribution in [-0.2, 0) is 6.54 Å². The molecule has 1 fully saturated rings. The molecule has 0 unspecified atom stereocenters. The summed E-state index contributed by atoms with van der Waals surface area (Å²) in [6.45, 7) is 6.55.